The van der Waals surface area contributed by atoms with Crippen molar-refractivity contribution in [2.45, 2.75) is 42.9 Å². The Bertz CT molecular complexity index is 872. The van der Waals surface area contributed by atoms with Gasteiger partial charge >= 0.3 is 23.5 Å². The van der Waals surface area contributed by atoms with E-state index in [0.29, 0.717) is 0 Å². The number of likely N-dealkylation sites (N-methyl/N-ethyl adjacent to an activating group) is 1. The monoisotopic (exact) mass is 527 g/mol. The van der Waals surface area contributed by atoms with E-state index in [1.807, 2.05) is 0 Å². The number of aliphatic hydroxyl groups excluding tert-OH is 2. The first-order chi connectivity index (χ1) is 14.6. The molecule has 0 spiro atoms. The minimum absolute atomic E-state index is 0.186. The van der Waals surface area contributed by atoms with Crippen LogP contribution in [-0.2, 0) is 31.6 Å². The Morgan fingerprint density at radius 3 is 2.44 bits per heavy atom. The molecule has 0 saturated carbocycles. The smallest absolute Gasteiger partial charge is 0.387 e. The van der Waals surface area contributed by atoms with Gasteiger partial charge in [-0.25, -0.2) is 18.6 Å². The Hall–Kier alpha value is -0.360. The molecule has 0 amide bonds. The lowest BCUT2D eigenvalue weighted by Crippen LogP contribution is -2.59. The molecule has 9 atom stereocenters. The lowest BCUT2D eigenvalue weighted by molar-refractivity contribution is -0.103. The van der Waals surface area contributed by atoms with Gasteiger partial charge in [-0.3, -0.25) is 14.8 Å². The third kappa shape index (κ3) is 6.00. The molecule has 0 aromatic carbocycles. The number of nitrogens with two attached hydrogens (primary N) is 1. The number of fused-ring (bicyclic) bond motifs is 1. The summed E-state index contributed by atoms with van der Waals surface area (Å²) in [6.45, 7) is -0.718. The maximum absolute atomic E-state index is 11.8. The van der Waals surface area contributed by atoms with Crippen LogP contribution >= 0.6 is 23.5 Å². The predicted molar refractivity (Wildman–Crippen MR) is 102 cm³/mol. The number of phosphoric acid groups is 3. The summed E-state index contributed by atoms with van der Waals surface area (Å²) in [5, 5.41) is 23.8. The largest absolute Gasteiger partial charge is 0.490 e. The molecule has 0 radical (unpaired) electrons. The molecule has 32 heavy (non-hydrogen) atoms. The number of nitrogens with one attached hydrogen (secondary N) is 1. The van der Waals surface area contributed by atoms with Crippen molar-refractivity contribution in [3.8, 4) is 0 Å². The van der Waals surface area contributed by atoms with Gasteiger partial charge in [0.05, 0.1) is 31.8 Å². The molecule has 9 N–H and O–H groups in total. The van der Waals surface area contributed by atoms with Gasteiger partial charge in [0.2, 0.25) is 0 Å². The fourth-order valence-electron chi connectivity index (χ4n) is 3.45. The van der Waals surface area contributed by atoms with Crippen LogP contribution in [0, 0.1) is 0 Å². The van der Waals surface area contributed by atoms with Crippen LogP contribution in [-0.4, -0.2) is 109 Å². The summed E-state index contributed by atoms with van der Waals surface area (Å²) in [5.41, 5.74) is 6.10. The zero-order valence-electron chi connectivity index (χ0n) is 16.3. The van der Waals surface area contributed by atoms with Gasteiger partial charge in [-0.15, -0.1) is 0 Å². The van der Waals surface area contributed by atoms with Gasteiger partial charge < -0.3 is 45.2 Å². The zero-order chi connectivity index (χ0) is 24.1. The average Bonchev–Trinajstić information content (AvgIpc) is 3.16. The van der Waals surface area contributed by atoms with Crippen molar-refractivity contribution >= 4 is 29.8 Å². The molecule has 2 saturated heterocycles. The lowest BCUT2D eigenvalue weighted by atomic mass is 10.1. The second-order valence-electron chi connectivity index (χ2n) is 7.17. The summed E-state index contributed by atoms with van der Waals surface area (Å²) < 4.78 is 51.1. The third-order valence-electron chi connectivity index (χ3n) is 4.89. The molecule has 0 aliphatic carbocycles. The Morgan fingerprint density at radius 2 is 1.81 bits per heavy atom. The summed E-state index contributed by atoms with van der Waals surface area (Å²) in [6, 6.07) is -0.313. The standard InChI is InChI=1S/C11H24N5O13P3/c1-15-3-14-10-6(9(15)12)13-4-16(10)11-8(18)7(17)5(27-11)2-26-31(22,23)29-32(24,25)28-30(19,20)21/h3,5-11,13,17-18H,2,4,12H2,1H3,(H,22,23)(H,24,25)(H2,19,20,21). The van der Waals surface area contributed by atoms with Gasteiger partial charge in [0.25, 0.3) is 0 Å². The van der Waals surface area contributed by atoms with Gasteiger partial charge in [0.1, 0.15) is 30.7 Å². The van der Waals surface area contributed by atoms with Crippen LogP contribution in [0.3, 0.4) is 0 Å². The van der Waals surface area contributed by atoms with E-state index in [1.54, 1.807) is 16.8 Å². The van der Waals surface area contributed by atoms with Crippen LogP contribution in [0.2, 0.25) is 0 Å². The molecule has 3 aliphatic heterocycles. The molecule has 21 heteroatoms. The van der Waals surface area contributed by atoms with Gasteiger partial charge in [0, 0.05) is 7.05 Å². The molecule has 0 aromatic heterocycles. The summed E-state index contributed by atoms with van der Waals surface area (Å²) >= 11 is 0. The van der Waals surface area contributed by atoms with Gasteiger partial charge in [-0.2, -0.15) is 8.62 Å². The Morgan fingerprint density at radius 1 is 1.16 bits per heavy atom. The van der Waals surface area contributed by atoms with Gasteiger partial charge in [0.15, 0.2) is 0 Å². The van der Waals surface area contributed by atoms with Crippen LogP contribution in [0.15, 0.2) is 4.99 Å². The fourth-order valence-corrected chi connectivity index (χ4v) is 6.48. The summed E-state index contributed by atoms with van der Waals surface area (Å²) in [4.78, 5) is 43.3. The van der Waals surface area contributed by atoms with E-state index < -0.39 is 66.9 Å². The molecule has 186 valence electrons. The maximum Gasteiger partial charge on any atom is 0.490 e. The highest BCUT2D eigenvalue weighted by atomic mass is 31.3. The molecule has 3 aliphatic rings. The summed E-state index contributed by atoms with van der Waals surface area (Å²) in [6.07, 6.45) is -5.04. The summed E-state index contributed by atoms with van der Waals surface area (Å²) in [7, 11) is -14.9. The normalized spacial score (nSPS) is 39.6. The van der Waals surface area contributed by atoms with E-state index in [-0.39, 0.29) is 12.7 Å². The van der Waals surface area contributed by atoms with Gasteiger partial charge in [-0.1, -0.05) is 0 Å². The number of ether oxygens (including phenoxy) is 1. The number of rotatable bonds is 8. The van der Waals surface area contributed by atoms with Crippen molar-refractivity contribution in [2.24, 2.45) is 10.7 Å². The third-order valence-corrected chi connectivity index (χ3v) is 8.69. The van der Waals surface area contributed by atoms with E-state index >= 15 is 0 Å². The predicted octanol–water partition coefficient (Wildman–Crippen LogP) is -3.41. The molecule has 18 nitrogen and oxygen atoms in total. The SMILES string of the molecule is CN1C=NC2C(NCN2C2OC(COP(=O)(O)OP(=O)(O)OP(=O)(O)O)C(O)C2O)C1N. The molecule has 3 rings (SSSR count). The minimum atomic E-state index is -5.68. The molecule has 9 unspecified atom stereocenters. The van der Waals surface area contributed by atoms with E-state index in [0.717, 1.165) is 0 Å². The number of hydrogen-bond donors (Lipinski definition) is 8. The van der Waals surface area contributed by atoms with E-state index in [4.69, 9.17) is 25.2 Å². The molecule has 0 aromatic rings. The maximum atomic E-state index is 11.8. The number of hydrogen-bond acceptors (Lipinski definition) is 14. The molecular weight excluding hydrogens is 503 g/mol. The van der Waals surface area contributed by atoms with Crippen LogP contribution in [0.25, 0.3) is 0 Å². The second-order valence-corrected chi connectivity index (χ2v) is 11.6. The van der Waals surface area contributed by atoms with Gasteiger partial charge in [-0.05, 0) is 0 Å². The van der Waals surface area contributed by atoms with Crippen molar-refractivity contribution in [3.63, 3.8) is 0 Å². The van der Waals surface area contributed by atoms with E-state index in [2.05, 4.69) is 23.5 Å². The Balaban J connectivity index is 1.61. The quantitative estimate of drug-likeness (QED) is 0.143. The minimum Gasteiger partial charge on any atom is -0.387 e. The molecule has 2 fully saturated rings. The zero-order valence-corrected chi connectivity index (χ0v) is 19.0. The van der Waals surface area contributed by atoms with Crippen molar-refractivity contribution in [1.82, 2.24) is 15.1 Å². The van der Waals surface area contributed by atoms with Crippen LogP contribution in [0.5, 0.6) is 0 Å². The Kier molecular flexibility index (Phi) is 7.67. The Labute approximate surface area is 181 Å². The first-order valence-corrected chi connectivity index (χ1v) is 13.4. The highest BCUT2D eigenvalue weighted by Gasteiger charge is 2.52. The first kappa shape index (κ1) is 26.2. The van der Waals surface area contributed by atoms with Crippen molar-refractivity contribution in [1.29, 1.82) is 0 Å². The van der Waals surface area contributed by atoms with E-state index in [9.17, 15) is 28.8 Å². The topological polar surface area (TPSA) is 266 Å². The second kappa shape index (κ2) is 9.36. The lowest BCUT2D eigenvalue weighted by Gasteiger charge is -2.37. The highest BCUT2D eigenvalue weighted by Crippen LogP contribution is 2.66. The highest BCUT2D eigenvalue weighted by molar-refractivity contribution is 7.66. The number of nitrogens with zero attached hydrogens (tertiary/aromatic N) is 3. The molecule has 0 bridgehead atoms. The van der Waals surface area contributed by atoms with Crippen LogP contribution in [0.4, 0.5) is 0 Å². The first-order valence-electron chi connectivity index (χ1n) is 8.90. The summed E-state index contributed by atoms with van der Waals surface area (Å²) in [5.74, 6) is 0. The molecule has 3 heterocycles. The van der Waals surface area contributed by atoms with Crippen molar-refractivity contribution in [3.05, 3.63) is 0 Å². The van der Waals surface area contributed by atoms with Crippen molar-refractivity contribution < 1.29 is 61.4 Å². The van der Waals surface area contributed by atoms with E-state index in [1.165, 1.54) is 6.34 Å². The van der Waals surface area contributed by atoms with Crippen LogP contribution in [0.1, 0.15) is 0 Å². The fraction of sp³-hybridized carbons (Fsp3) is 0.909. The number of aliphatic hydroxyl groups is 2. The molecular formula is C11H24N5O13P3. The number of aliphatic imine (C=N–C) groups is 1. The van der Waals surface area contributed by atoms with Crippen LogP contribution < -0.4 is 11.1 Å². The number of phosphoric ester groups is 1. The van der Waals surface area contributed by atoms with Crippen molar-refractivity contribution in [2.75, 3.05) is 20.3 Å². The average molecular weight is 527 g/mol.